The number of fused-ring (bicyclic) bond motifs is 1. The van der Waals surface area contributed by atoms with Crippen LogP contribution in [0, 0.1) is 0 Å². The Kier molecular flexibility index (Phi) is 5.58. The first kappa shape index (κ1) is 19.7. The Balaban J connectivity index is 1.65. The number of carbonyl (C=O) groups excluding carboxylic acids is 2. The number of unbranched alkanes of at least 4 members (excludes halogenated alkanes) is 1. The molecule has 1 aliphatic rings. The Morgan fingerprint density at radius 3 is 2.50 bits per heavy atom. The molecule has 0 aliphatic carbocycles. The summed E-state index contributed by atoms with van der Waals surface area (Å²) in [6.07, 6.45) is -2.06. The van der Waals surface area contributed by atoms with Gasteiger partial charge in [-0.2, -0.15) is 13.2 Å². The number of nitrogens with one attached hydrogen (secondary N) is 2. The second-order valence-electron chi connectivity index (χ2n) is 6.49. The van der Waals surface area contributed by atoms with E-state index in [4.69, 9.17) is 4.74 Å². The highest BCUT2D eigenvalue weighted by Crippen LogP contribution is 2.34. The van der Waals surface area contributed by atoms with Gasteiger partial charge in [-0.25, -0.2) is 4.79 Å². The number of benzene rings is 2. The molecule has 3 rings (SSSR count). The zero-order valence-electron chi connectivity index (χ0n) is 15.1. The second kappa shape index (κ2) is 7.92. The maximum absolute atomic E-state index is 12.6. The molecular weight excluding hydrogens is 373 g/mol. The monoisotopic (exact) mass is 392 g/mol. The number of hydrogen-bond acceptors (Lipinski definition) is 4. The van der Waals surface area contributed by atoms with Crippen LogP contribution >= 0.6 is 0 Å². The first-order chi connectivity index (χ1) is 13.3. The van der Waals surface area contributed by atoms with Crippen molar-refractivity contribution in [2.75, 3.05) is 5.43 Å². The molecule has 1 heterocycles. The van der Waals surface area contributed by atoms with Crippen LogP contribution in [0.2, 0.25) is 0 Å². The van der Waals surface area contributed by atoms with Gasteiger partial charge in [-0.15, -0.1) is 0 Å². The number of esters is 1. The Bertz CT molecular complexity index is 879. The van der Waals surface area contributed by atoms with Gasteiger partial charge in [0.2, 0.25) is 0 Å². The molecule has 5 nitrogen and oxygen atoms in total. The maximum atomic E-state index is 12.6. The minimum Gasteiger partial charge on any atom is -0.454 e. The van der Waals surface area contributed by atoms with Crippen LogP contribution in [0.5, 0.6) is 0 Å². The first-order valence-electron chi connectivity index (χ1n) is 8.88. The number of alkyl halides is 3. The Labute approximate surface area is 159 Å². The van der Waals surface area contributed by atoms with E-state index in [2.05, 4.69) is 17.8 Å². The van der Waals surface area contributed by atoms with Crippen molar-refractivity contribution < 1.29 is 27.5 Å². The van der Waals surface area contributed by atoms with Gasteiger partial charge in [0.1, 0.15) is 6.10 Å². The molecule has 2 N–H and O–H groups in total. The highest BCUT2D eigenvalue weighted by atomic mass is 19.4. The fourth-order valence-corrected chi connectivity index (χ4v) is 2.96. The van der Waals surface area contributed by atoms with Crippen molar-refractivity contribution in [3.63, 3.8) is 0 Å². The lowest BCUT2D eigenvalue weighted by molar-refractivity contribution is -0.137. The van der Waals surface area contributed by atoms with E-state index in [9.17, 15) is 22.8 Å². The Morgan fingerprint density at radius 1 is 1.14 bits per heavy atom. The summed E-state index contributed by atoms with van der Waals surface area (Å²) in [5.41, 5.74) is 5.85. The van der Waals surface area contributed by atoms with Gasteiger partial charge in [-0.3, -0.25) is 15.6 Å². The van der Waals surface area contributed by atoms with Crippen molar-refractivity contribution in [3.8, 4) is 0 Å². The lowest BCUT2D eigenvalue weighted by Crippen LogP contribution is -2.29. The van der Waals surface area contributed by atoms with Gasteiger partial charge in [-0.05, 0) is 49.2 Å². The molecule has 0 saturated carbocycles. The molecule has 0 spiro atoms. The van der Waals surface area contributed by atoms with E-state index in [0.717, 1.165) is 37.0 Å². The molecule has 28 heavy (non-hydrogen) atoms. The van der Waals surface area contributed by atoms with Crippen LogP contribution in [0.4, 0.5) is 18.9 Å². The molecule has 8 heteroatoms. The standard InChI is InChI=1S/C20H19F3N2O3/c1-2-3-4-17-15-10-5-12(11-16(15)19(27)28-17)18(26)25-24-14-8-6-13(7-9-14)20(21,22)23/h5-11,17,24H,2-4H2,1H3,(H,25,26). The van der Waals surface area contributed by atoms with Gasteiger partial charge < -0.3 is 4.74 Å². The maximum Gasteiger partial charge on any atom is 0.416 e. The van der Waals surface area contributed by atoms with E-state index >= 15 is 0 Å². The lowest BCUT2D eigenvalue weighted by atomic mass is 9.99. The van der Waals surface area contributed by atoms with Gasteiger partial charge in [0, 0.05) is 11.1 Å². The lowest BCUT2D eigenvalue weighted by Gasteiger charge is -2.11. The molecule has 0 aromatic heterocycles. The number of rotatable bonds is 6. The fourth-order valence-electron chi connectivity index (χ4n) is 2.96. The summed E-state index contributed by atoms with van der Waals surface area (Å²) in [6.45, 7) is 2.05. The van der Waals surface area contributed by atoms with Crippen LogP contribution in [0.15, 0.2) is 42.5 Å². The number of halogens is 3. The van der Waals surface area contributed by atoms with Crippen LogP contribution in [-0.4, -0.2) is 11.9 Å². The molecule has 1 aliphatic heterocycles. The minimum atomic E-state index is -4.42. The molecule has 1 unspecified atom stereocenters. The summed E-state index contributed by atoms with van der Waals surface area (Å²) in [5, 5.41) is 0. The molecule has 0 fully saturated rings. The number of cyclic esters (lactones) is 1. The van der Waals surface area contributed by atoms with Gasteiger partial charge in [0.15, 0.2) is 0 Å². The van der Waals surface area contributed by atoms with Crippen LogP contribution in [0.3, 0.4) is 0 Å². The molecule has 2 aromatic carbocycles. The number of carbonyl (C=O) groups is 2. The number of amides is 1. The summed E-state index contributed by atoms with van der Waals surface area (Å²) < 4.78 is 43.1. The Hall–Kier alpha value is -3.03. The van der Waals surface area contributed by atoms with Crippen molar-refractivity contribution >= 4 is 17.6 Å². The second-order valence-corrected chi connectivity index (χ2v) is 6.49. The predicted molar refractivity (Wildman–Crippen MR) is 96.7 cm³/mol. The quantitative estimate of drug-likeness (QED) is 0.544. The third-order valence-electron chi connectivity index (χ3n) is 4.48. The van der Waals surface area contributed by atoms with E-state index in [1.54, 1.807) is 12.1 Å². The molecule has 2 aromatic rings. The zero-order valence-corrected chi connectivity index (χ0v) is 15.1. The highest BCUT2D eigenvalue weighted by molar-refractivity contribution is 6.00. The predicted octanol–water partition coefficient (Wildman–Crippen LogP) is 4.86. The minimum absolute atomic E-state index is 0.242. The highest BCUT2D eigenvalue weighted by Gasteiger charge is 2.31. The van der Waals surface area contributed by atoms with Crippen LogP contribution in [0.25, 0.3) is 0 Å². The van der Waals surface area contributed by atoms with Crippen molar-refractivity contribution in [2.45, 2.75) is 38.5 Å². The number of ether oxygens (including phenoxy) is 1. The van der Waals surface area contributed by atoms with Gasteiger partial charge >= 0.3 is 12.1 Å². The molecule has 1 amide bonds. The number of hydrazine groups is 1. The van der Waals surface area contributed by atoms with Crippen molar-refractivity contribution in [2.24, 2.45) is 0 Å². The summed E-state index contributed by atoms with van der Waals surface area (Å²) in [4.78, 5) is 24.3. The summed E-state index contributed by atoms with van der Waals surface area (Å²) in [5.74, 6) is -0.978. The Morgan fingerprint density at radius 2 is 1.86 bits per heavy atom. The van der Waals surface area contributed by atoms with E-state index in [1.165, 1.54) is 18.2 Å². The number of hydrogen-bond donors (Lipinski definition) is 2. The van der Waals surface area contributed by atoms with E-state index < -0.39 is 23.6 Å². The number of anilines is 1. The normalized spacial score (nSPS) is 15.7. The third-order valence-corrected chi connectivity index (χ3v) is 4.48. The average molecular weight is 392 g/mol. The van der Waals surface area contributed by atoms with E-state index in [-0.39, 0.29) is 11.7 Å². The van der Waals surface area contributed by atoms with Gasteiger partial charge in [-0.1, -0.05) is 19.4 Å². The summed E-state index contributed by atoms with van der Waals surface area (Å²) >= 11 is 0. The summed E-state index contributed by atoms with van der Waals surface area (Å²) in [7, 11) is 0. The largest absolute Gasteiger partial charge is 0.454 e. The summed E-state index contributed by atoms with van der Waals surface area (Å²) in [6, 6.07) is 9.00. The van der Waals surface area contributed by atoms with Crippen LogP contribution in [0.1, 0.15) is 64.1 Å². The third kappa shape index (κ3) is 4.27. The van der Waals surface area contributed by atoms with Crippen LogP contribution in [-0.2, 0) is 10.9 Å². The van der Waals surface area contributed by atoms with Crippen molar-refractivity contribution in [1.82, 2.24) is 5.43 Å². The topological polar surface area (TPSA) is 67.4 Å². The molecular formula is C20H19F3N2O3. The molecule has 0 radical (unpaired) electrons. The molecule has 1 atom stereocenters. The van der Waals surface area contributed by atoms with Gasteiger partial charge in [0.25, 0.3) is 5.91 Å². The smallest absolute Gasteiger partial charge is 0.416 e. The fraction of sp³-hybridized carbons (Fsp3) is 0.300. The van der Waals surface area contributed by atoms with E-state index in [1.807, 2.05) is 0 Å². The van der Waals surface area contributed by atoms with Gasteiger partial charge in [0.05, 0.1) is 16.8 Å². The SMILES string of the molecule is CCCCC1OC(=O)c2cc(C(=O)NNc3ccc(C(F)(F)F)cc3)ccc21. The van der Waals surface area contributed by atoms with Crippen molar-refractivity contribution in [1.29, 1.82) is 0 Å². The van der Waals surface area contributed by atoms with Crippen molar-refractivity contribution in [3.05, 3.63) is 64.7 Å². The van der Waals surface area contributed by atoms with Crippen LogP contribution < -0.4 is 10.9 Å². The first-order valence-corrected chi connectivity index (χ1v) is 8.88. The molecule has 0 saturated heterocycles. The average Bonchev–Trinajstić information content (AvgIpc) is 2.99. The zero-order chi connectivity index (χ0) is 20.3. The molecule has 0 bridgehead atoms. The molecule has 148 valence electrons. The van der Waals surface area contributed by atoms with E-state index in [0.29, 0.717) is 11.3 Å².